The number of aryl methyl sites for hydroxylation is 1. The topological polar surface area (TPSA) is 106 Å². The Morgan fingerprint density at radius 3 is 2.87 bits per heavy atom. The number of hydrogen-bond donors (Lipinski definition) is 2. The highest BCUT2D eigenvalue weighted by molar-refractivity contribution is 5.76. The van der Waals surface area contributed by atoms with E-state index in [2.05, 4.69) is 20.5 Å². The molecule has 8 nitrogen and oxygen atoms in total. The second kappa shape index (κ2) is 9.84. The van der Waals surface area contributed by atoms with Gasteiger partial charge in [-0.15, -0.1) is 10.2 Å². The molecule has 160 valence electrons. The first-order valence-electron chi connectivity index (χ1n) is 10.7. The van der Waals surface area contributed by atoms with E-state index < -0.39 is 0 Å². The van der Waals surface area contributed by atoms with Gasteiger partial charge in [0.25, 0.3) is 5.56 Å². The lowest BCUT2D eigenvalue weighted by atomic mass is 9.86. The summed E-state index contributed by atoms with van der Waals surface area (Å²) in [7, 11) is 0. The number of hydrogen-bond acceptors (Lipinski definition) is 6. The van der Waals surface area contributed by atoms with E-state index in [9.17, 15) is 9.59 Å². The van der Waals surface area contributed by atoms with Crippen LogP contribution in [0.2, 0.25) is 0 Å². The smallest absolute Gasteiger partial charge is 0.273 e. The largest absolute Gasteiger partial charge is 0.493 e. The molecule has 2 N–H and O–H groups in total. The highest BCUT2D eigenvalue weighted by Gasteiger charge is 2.18. The molecule has 0 bridgehead atoms. The predicted molar refractivity (Wildman–Crippen MR) is 111 cm³/mol. The third-order valence-electron chi connectivity index (χ3n) is 5.72. The Kier molecular flexibility index (Phi) is 6.74. The summed E-state index contributed by atoms with van der Waals surface area (Å²) in [6.45, 7) is 1.99. The molecule has 4 rings (SSSR count). The Hall–Kier alpha value is -2.74. The van der Waals surface area contributed by atoms with Crippen LogP contribution in [0.15, 0.2) is 29.1 Å². The lowest BCUT2D eigenvalue weighted by Gasteiger charge is -2.25. The van der Waals surface area contributed by atoms with Crippen LogP contribution in [0.1, 0.15) is 44.2 Å². The van der Waals surface area contributed by atoms with Crippen LogP contribution in [0.4, 0.5) is 0 Å². The predicted octanol–water partition coefficient (Wildman–Crippen LogP) is 2.24. The zero-order valence-electron chi connectivity index (χ0n) is 17.1. The summed E-state index contributed by atoms with van der Waals surface area (Å²) in [6.07, 6.45) is 6.28. The van der Waals surface area contributed by atoms with Gasteiger partial charge < -0.3 is 19.8 Å². The molecular formula is C22H28N4O4. The van der Waals surface area contributed by atoms with Crippen molar-refractivity contribution in [1.82, 2.24) is 20.5 Å². The van der Waals surface area contributed by atoms with Gasteiger partial charge in [0.2, 0.25) is 5.91 Å². The van der Waals surface area contributed by atoms with E-state index in [0.717, 1.165) is 37.4 Å². The van der Waals surface area contributed by atoms with E-state index in [1.807, 2.05) is 24.3 Å². The van der Waals surface area contributed by atoms with E-state index in [-0.39, 0.29) is 36.1 Å². The minimum atomic E-state index is -0.326. The van der Waals surface area contributed by atoms with Crippen LogP contribution in [0.3, 0.4) is 0 Å². The van der Waals surface area contributed by atoms with E-state index >= 15 is 0 Å². The Labute approximate surface area is 175 Å². The molecule has 1 aliphatic carbocycles. The molecule has 2 aromatic rings. The molecule has 1 saturated heterocycles. The van der Waals surface area contributed by atoms with Crippen molar-refractivity contribution in [3.63, 3.8) is 0 Å². The molecule has 1 aromatic heterocycles. The molecule has 0 spiro atoms. The first-order chi connectivity index (χ1) is 14.7. The lowest BCUT2D eigenvalue weighted by Crippen LogP contribution is -2.32. The number of rotatable bonds is 9. The van der Waals surface area contributed by atoms with Gasteiger partial charge in [-0.25, -0.2) is 0 Å². The zero-order valence-corrected chi connectivity index (χ0v) is 17.1. The molecule has 8 heteroatoms. The van der Waals surface area contributed by atoms with Crippen LogP contribution in [-0.2, 0) is 16.0 Å². The number of nitrogens with one attached hydrogen (secondary N) is 2. The second-order valence-corrected chi connectivity index (χ2v) is 8.02. The van der Waals surface area contributed by atoms with Gasteiger partial charge in [0.1, 0.15) is 11.4 Å². The van der Waals surface area contributed by atoms with Crippen molar-refractivity contribution in [2.45, 2.75) is 51.0 Å². The molecule has 0 radical (unpaired) electrons. The molecule has 1 amide bonds. The summed E-state index contributed by atoms with van der Waals surface area (Å²) >= 11 is 0. The molecule has 1 atom stereocenters. The van der Waals surface area contributed by atoms with E-state index in [4.69, 9.17) is 9.47 Å². The van der Waals surface area contributed by atoms with Gasteiger partial charge in [-0.1, -0.05) is 18.6 Å². The van der Waals surface area contributed by atoms with Crippen LogP contribution in [-0.4, -0.2) is 47.0 Å². The summed E-state index contributed by atoms with van der Waals surface area (Å²) in [5, 5.41) is 11.0. The minimum Gasteiger partial charge on any atom is -0.493 e. The van der Waals surface area contributed by atoms with Crippen LogP contribution >= 0.6 is 0 Å². The van der Waals surface area contributed by atoms with Crippen molar-refractivity contribution in [3.05, 3.63) is 40.3 Å². The number of amides is 1. The third kappa shape index (κ3) is 5.44. The molecule has 2 heterocycles. The Bertz CT molecular complexity index is 919. The van der Waals surface area contributed by atoms with Gasteiger partial charge in [-0.2, -0.15) is 0 Å². The SMILES string of the molecule is O=C(CCc1nnc(-c2cccc(OCC3CCC3)c2)[nH]c1=O)NCC1CCCO1. The van der Waals surface area contributed by atoms with Crippen LogP contribution < -0.4 is 15.6 Å². The van der Waals surface area contributed by atoms with Crippen LogP contribution in [0, 0.1) is 5.92 Å². The zero-order chi connectivity index (χ0) is 20.8. The lowest BCUT2D eigenvalue weighted by molar-refractivity contribution is -0.121. The van der Waals surface area contributed by atoms with Gasteiger partial charge in [0.05, 0.1) is 12.7 Å². The highest BCUT2D eigenvalue weighted by atomic mass is 16.5. The summed E-state index contributed by atoms with van der Waals surface area (Å²) in [6, 6.07) is 7.49. The van der Waals surface area contributed by atoms with Gasteiger partial charge in [-0.3, -0.25) is 9.59 Å². The Morgan fingerprint density at radius 1 is 1.23 bits per heavy atom. The first-order valence-corrected chi connectivity index (χ1v) is 10.7. The van der Waals surface area contributed by atoms with Crippen molar-refractivity contribution in [2.75, 3.05) is 19.8 Å². The maximum absolute atomic E-state index is 12.4. The maximum Gasteiger partial charge on any atom is 0.273 e. The van der Waals surface area contributed by atoms with Crippen molar-refractivity contribution < 1.29 is 14.3 Å². The van der Waals surface area contributed by atoms with Gasteiger partial charge in [-0.05, 0) is 43.7 Å². The van der Waals surface area contributed by atoms with E-state index in [1.165, 1.54) is 19.3 Å². The Morgan fingerprint density at radius 2 is 2.13 bits per heavy atom. The molecule has 1 unspecified atom stereocenters. The van der Waals surface area contributed by atoms with Crippen molar-refractivity contribution in [2.24, 2.45) is 5.92 Å². The average Bonchev–Trinajstić information content (AvgIpc) is 3.24. The summed E-state index contributed by atoms with van der Waals surface area (Å²) in [4.78, 5) is 27.2. The van der Waals surface area contributed by atoms with Crippen molar-refractivity contribution in [1.29, 1.82) is 0 Å². The fraction of sp³-hybridized carbons (Fsp3) is 0.545. The maximum atomic E-state index is 12.4. The standard InChI is InChI=1S/C22H28N4O4/c27-20(23-13-18-8-3-11-29-18)10-9-19-22(28)24-21(26-25-19)16-6-2-7-17(12-16)30-14-15-4-1-5-15/h2,6-7,12,15,18H,1,3-5,8-11,13-14H2,(H,23,27)(H,24,26,28). The number of carbonyl (C=O) groups excluding carboxylic acids is 1. The molecule has 1 aromatic carbocycles. The molecular weight excluding hydrogens is 384 g/mol. The molecule has 2 aliphatic rings. The molecule has 1 aliphatic heterocycles. The summed E-state index contributed by atoms with van der Waals surface area (Å²) < 4.78 is 11.3. The third-order valence-corrected chi connectivity index (χ3v) is 5.72. The number of nitrogens with zero attached hydrogens (tertiary/aromatic N) is 2. The quantitative estimate of drug-likeness (QED) is 0.654. The summed E-state index contributed by atoms with van der Waals surface area (Å²) in [5.74, 6) is 1.68. The fourth-order valence-electron chi connectivity index (χ4n) is 3.61. The normalized spacial score (nSPS) is 18.7. The van der Waals surface area contributed by atoms with E-state index in [0.29, 0.717) is 18.3 Å². The number of ether oxygens (including phenoxy) is 2. The molecule has 1 saturated carbocycles. The van der Waals surface area contributed by atoms with Crippen LogP contribution in [0.25, 0.3) is 11.4 Å². The summed E-state index contributed by atoms with van der Waals surface area (Å²) in [5.41, 5.74) is 0.669. The number of benzene rings is 1. The molecule has 2 fully saturated rings. The van der Waals surface area contributed by atoms with Crippen LogP contribution in [0.5, 0.6) is 5.75 Å². The number of aromatic amines is 1. The monoisotopic (exact) mass is 412 g/mol. The van der Waals surface area contributed by atoms with E-state index in [1.54, 1.807) is 0 Å². The highest BCUT2D eigenvalue weighted by Crippen LogP contribution is 2.28. The van der Waals surface area contributed by atoms with Crippen molar-refractivity contribution >= 4 is 5.91 Å². The fourth-order valence-corrected chi connectivity index (χ4v) is 3.61. The van der Waals surface area contributed by atoms with Gasteiger partial charge in [0, 0.05) is 31.6 Å². The Balaban J connectivity index is 1.31. The number of carbonyl (C=O) groups is 1. The van der Waals surface area contributed by atoms with Gasteiger partial charge in [0.15, 0.2) is 5.82 Å². The second-order valence-electron chi connectivity index (χ2n) is 8.02. The molecule has 30 heavy (non-hydrogen) atoms. The van der Waals surface area contributed by atoms with Crippen molar-refractivity contribution in [3.8, 4) is 17.1 Å². The number of H-pyrrole nitrogens is 1. The average molecular weight is 412 g/mol. The number of aromatic nitrogens is 3. The minimum absolute atomic E-state index is 0.102. The van der Waals surface area contributed by atoms with Gasteiger partial charge >= 0.3 is 0 Å². The first kappa shape index (κ1) is 20.5.